The van der Waals surface area contributed by atoms with Crippen LogP contribution in [0.5, 0.6) is 0 Å². The molecule has 0 atom stereocenters. The first-order valence-corrected chi connectivity index (χ1v) is 6.00. The van der Waals surface area contributed by atoms with Crippen LogP contribution in [0.25, 0.3) is 0 Å². The molecule has 2 nitrogen and oxygen atoms in total. The molecule has 0 bridgehead atoms. The first-order valence-electron chi connectivity index (χ1n) is 6.00. The van der Waals surface area contributed by atoms with Gasteiger partial charge in [0, 0.05) is 12.0 Å². The summed E-state index contributed by atoms with van der Waals surface area (Å²) in [6.45, 7) is 3.91. The zero-order valence-corrected chi connectivity index (χ0v) is 9.51. The molecular weight excluding hydrogens is 174 g/mol. The summed E-state index contributed by atoms with van der Waals surface area (Å²) in [7, 11) is 0. The summed E-state index contributed by atoms with van der Waals surface area (Å²) in [6, 6.07) is 0.449. The maximum Gasteiger partial charge on any atom is 0.222 e. The Labute approximate surface area is 87.5 Å². The van der Waals surface area contributed by atoms with Crippen molar-refractivity contribution in [3.8, 4) is 0 Å². The number of hydrogen-bond donors (Lipinski definition) is 1. The lowest BCUT2D eigenvalue weighted by Crippen LogP contribution is -2.37. The van der Waals surface area contributed by atoms with Crippen molar-refractivity contribution < 1.29 is 4.79 Å². The van der Waals surface area contributed by atoms with Crippen LogP contribution in [0.1, 0.15) is 58.8 Å². The monoisotopic (exact) mass is 197 g/mol. The van der Waals surface area contributed by atoms with Crippen molar-refractivity contribution in [1.82, 2.24) is 5.32 Å². The highest BCUT2D eigenvalue weighted by molar-refractivity contribution is 5.78. The molecule has 0 radical (unpaired) electrons. The molecule has 1 saturated carbocycles. The van der Waals surface area contributed by atoms with Crippen LogP contribution in [0.3, 0.4) is 0 Å². The van der Waals surface area contributed by atoms with Crippen molar-refractivity contribution in [2.24, 2.45) is 5.92 Å². The number of carbonyl (C=O) groups excluding carboxylic acids is 1. The summed E-state index contributed by atoms with van der Waals surface area (Å²) in [5.41, 5.74) is 0. The Balaban J connectivity index is 2.30. The zero-order valence-electron chi connectivity index (χ0n) is 9.51. The summed E-state index contributed by atoms with van der Waals surface area (Å²) >= 11 is 0. The minimum Gasteiger partial charge on any atom is -0.353 e. The van der Waals surface area contributed by atoms with E-state index in [9.17, 15) is 4.79 Å². The van der Waals surface area contributed by atoms with Crippen LogP contribution in [0.4, 0.5) is 0 Å². The summed E-state index contributed by atoms with van der Waals surface area (Å²) in [5.74, 6) is 0.344. The van der Waals surface area contributed by atoms with Gasteiger partial charge in [-0.25, -0.2) is 0 Å². The Morgan fingerprint density at radius 2 is 1.57 bits per heavy atom. The predicted molar refractivity (Wildman–Crippen MR) is 59.1 cm³/mol. The fourth-order valence-corrected chi connectivity index (χ4v) is 1.97. The fourth-order valence-electron chi connectivity index (χ4n) is 1.97. The molecule has 0 aromatic rings. The van der Waals surface area contributed by atoms with Crippen LogP contribution < -0.4 is 5.32 Å². The summed E-state index contributed by atoms with van der Waals surface area (Å²) in [4.78, 5) is 11.5. The van der Waals surface area contributed by atoms with E-state index in [1.54, 1.807) is 0 Å². The molecule has 1 amide bonds. The van der Waals surface area contributed by atoms with Gasteiger partial charge in [0.25, 0.3) is 0 Å². The predicted octanol–water partition coefficient (Wildman–Crippen LogP) is 2.87. The number of hydrogen-bond acceptors (Lipinski definition) is 1. The fraction of sp³-hybridized carbons (Fsp3) is 0.917. The third kappa shape index (κ3) is 4.12. The van der Waals surface area contributed by atoms with E-state index in [0.717, 1.165) is 0 Å². The molecule has 1 aliphatic carbocycles. The van der Waals surface area contributed by atoms with E-state index >= 15 is 0 Å². The second-order valence-electron chi connectivity index (χ2n) is 4.71. The SMILES string of the molecule is CC(C)C(=O)NC1CCCCCCC1. The number of carbonyl (C=O) groups is 1. The average Bonchev–Trinajstić information content (AvgIpc) is 2.08. The van der Waals surface area contributed by atoms with E-state index < -0.39 is 0 Å². The molecule has 0 saturated heterocycles. The molecule has 0 aromatic carbocycles. The van der Waals surface area contributed by atoms with Gasteiger partial charge in [-0.3, -0.25) is 4.79 Å². The number of nitrogens with one attached hydrogen (secondary N) is 1. The van der Waals surface area contributed by atoms with E-state index in [4.69, 9.17) is 0 Å². The van der Waals surface area contributed by atoms with Crippen molar-refractivity contribution in [1.29, 1.82) is 0 Å². The van der Waals surface area contributed by atoms with Crippen LogP contribution in [0, 0.1) is 5.92 Å². The van der Waals surface area contributed by atoms with Gasteiger partial charge < -0.3 is 5.32 Å². The molecule has 2 heteroatoms. The molecule has 0 aromatic heterocycles. The van der Waals surface area contributed by atoms with Gasteiger partial charge in [0.2, 0.25) is 5.91 Å². The number of amides is 1. The lowest BCUT2D eigenvalue weighted by molar-refractivity contribution is -0.124. The second-order valence-corrected chi connectivity index (χ2v) is 4.71. The molecule has 0 heterocycles. The Morgan fingerprint density at radius 1 is 1.07 bits per heavy atom. The minimum absolute atomic E-state index is 0.125. The van der Waals surface area contributed by atoms with Gasteiger partial charge in [-0.15, -0.1) is 0 Å². The Bertz CT molecular complexity index is 169. The van der Waals surface area contributed by atoms with Crippen molar-refractivity contribution in [3.63, 3.8) is 0 Å². The maximum absolute atomic E-state index is 11.5. The molecule has 0 spiro atoms. The zero-order chi connectivity index (χ0) is 10.4. The summed E-state index contributed by atoms with van der Waals surface area (Å²) < 4.78 is 0. The van der Waals surface area contributed by atoms with Gasteiger partial charge in [0.05, 0.1) is 0 Å². The van der Waals surface area contributed by atoms with E-state index in [1.807, 2.05) is 13.8 Å². The third-order valence-electron chi connectivity index (χ3n) is 2.98. The van der Waals surface area contributed by atoms with Gasteiger partial charge in [-0.05, 0) is 12.8 Å². The number of rotatable bonds is 2. The molecule has 1 N–H and O–H groups in total. The second kappa shape index (κ2) is 6.05. The van der Waals surface area contributed by atoms with Gasteiger partial charge in [-0.1, -0.05) is 46.0 Å². The Kier molecular flexibility index (Phi) is 4.99. The third-order valence-corrected chi connectivity index (χ3v) is 2.98. The van der Waals surface area contributed by atoms with Crippen LogP contribution >= 0.6 is 0 Å². The molecule has 82 valence electrons. The average molecular weight is 197 g/mol. The molecule has 1 aliphatic rings. The molecule has 0 unspecified atom stereocenters. The quantitative estimate of drug-likeness (QED) is 0.724. The van der Waals surface area contributed by atoms with E-state index in [0.29, 0.717) is 6.04 Å². The van der Waals surface area contributed by atoms with Crippen LogP contribution in [-0.2, 0) is 4.79 Å². The topological polar surface area (TPSA) is 29.1 Å². The van der Waals surface area contributed by atoms with Gasteiger partial charge >= 0.3 is 0 Å². The minimum atomic E-state index is 0.125. The van der Waals surface area contributed by atoms with Crippen molar-refractivity contribution >= 4 is 5.91 Å². The van der Waals surface area contributed by atoms with Gasteiger partial charge in [-0.2, -0.15) is 0 Å². The molecule has 1 rings (SSSR count). The Hall–Kier alpha value is -0.530. The van der Waals surface area contributed by atoms with Gasteiger partial charge in [0.1, 0.15) is 0 Å². The Morgan fingerprint density at radius 3 is 2.07 bits per heavy atom. The highest BCUT2D eigenvalue weighted by Crippen LogP contribution is 2.17. The highest BCUT2D eigenvalue weighted by atomic mass is 16.1. The smallest absolute Gasteiger partial charge is 0.222 e. The lowest BCUT2D eigenvalue weighted by Gasteiger charge is -2.21. The van der Waals surface area contributed by atoms with Crippen LogP contribution in [0.15, 0.2) is 0 Å². The van der Waals surface area contributed by atoms with Crippen molar-refractivity contribution in [2.45, 2.75) is 64.8 Å². The van der Waals surface area contributed by atoms with Gasteiger partial charge in [0.15, 0.2) is 0 Å². The molecular formula is C12H23NO. The summed E-state index contributed by atoms with van der Waals surface area (Å²) in [6.07, 6.45) is 8.98. The molecule has 1 fully saturated rings. The normalized spacial score (nSPS) is 20.2. The maximum atomic E-state index is 11.5. The highest BCUT2D eigenvalue weighted by Gasteiger charge is 2.15. The van der Waals surface area contributed by atoms with Crippen LogP contribution in [0.2, 0.25) is 0 Å². The standard InChI is InChI=1S/C12H23NO/c1-10(2)12(14)13-11-8-6-4-3-5-7-9-11/h10-11H,3-9H2,1-2H3,(H,13,14). The van der Waals surface area contributed by atoms with E-state index in [1.165, 1.54) is 44.9 Å². The molecule has 14 heavy (non-hydrogen) atoms. The first-order chi connectivity index (χ1) is 6.70. The first kappa shape index (κ1) is 11.5. The van der Waals surface area contributed by atoms with Crippen molar-refractivity contribution in [3.05, 3.63) is 0 Å². The summed E-state index contributed by atoms with van der Waals surface area (Å²) in [5, 5.41) is 3.15. The lowest BCUT2D eigenvalue weighted by atomic mass is 9.96. The van der Waals surface area contributed by atoms with Crippen LogP contribution in [-0.4, -0.2) is 11.9 Å². The van der Waals surface area contributed by atoms with E-state index in [-0.39, 0.29) is 11.8 Å². The molecule has 0 aliphatic heterocycles. The largest absolute Gasteiger partial charge is 0.353 e. The van der Waals surface area contributed by atoms with Crippen molar-refractivity contribution in [2.75, 3.05) is 0 Å². The van der Waals surface area contributed by atoms with E-state index in [2.05, 4.69) is 5.32 Å².